The van der Waals surface area contributed by atoms with E-state index in [0.29, 0.717) is 4.72 Å². The number of azo groups is 1. The van der Waals surface area contributed by atoms with Gasteiger partial charge in [-0.2, -0.15) is 103 Å². The predicted molar refractivity (Wildman–Crippen MR) is 199 cm³/mol. The van der Waals surface area contributed by atoms with E-state index in [2.05, 4.69) is 35.5 Å². The number of hydrogen-bond donors (Lipinski definition) is 4. The SMILES string of the molecule is CC([O-])=Nc1cc(Nc2nc(Cl)nc(NCCNS(=O)(=O)C(F)(F)C(F)(F)C(F)(F)C(F)(F)C(F)(F)C(F)(F)C(F)(F)C(F)(F)F)n2)ccc1N=Nc1cc(S(=O)(=O)O)c2cccc(S(=O)(=O)[O-])c2c1.[Na+].[Na+]. The fourth-order valence-electron chi connectivity index (χ4n) is 5.24. The molecule has 0 aliphatic rings. The molecule has 4 rings (SSSR count). The Morgan fingerprint density at radius 2 is 1.18 bits per heavy atom. The first kappa shape index (κ1) is 64.5. The Morgan fingerprint density at radius 1 is 0.653 bits per heavy atom. The molecule has 4 aromatic rings. The van der Waals surface area contributed by atoms with Gasteiger partial charge in [0.05, 0.1) is 16.3 Å². The standard InChI is InChI=1S/C31H21ClF17N9O9S3.2Na/c1-12(59)52-18-10-13(5-6-17(18)58-57-14-9-16-15(20(11-14)69(63,64)65)3-2-4-19(16)68(60,61)62)53-23-55-21(32)54-22(56-23)50-7-8-51-70(66,67)31(48,49)29(43,44)27(39,40)25(35,36)24(33,34)26(37,38)28(41,42)30(45,46)47;;/h2-6,9-11,51H,7-8H2,1H3,(H,52,59)(H,60,61,62)(H,63,64,65)(H2,50,53,54,55,56);;/q;2*+1/p-2. The number of halogens is 18. The van der Waals surface area contributed by atoms with Gasteiger partial charge in [-0.05, 0) is 60.8 Å². The molecule has 0 bridgehead atoms. The summed E-state index contributed by atoms with van der Waals surface area (Å²) in [6.07, 6.45) is -7.98. The quantitative estimate of drug-likeness (QED) is 0.0198. The molecule has 0 unspecified atom stereocenters. The van der Waals surface area contributed by atoms with Crippen LogP contribution in [0.5, 0.6) is 0 Å². The molecule has 0 spiro atoms. The number of fused-ring (bicyclic) bond motifs is 1. The van der Waals surface area contributed by atoms with E-state index in [-0.39, 0.29) is 76.2 Å². The summed E-state index contributed by atoms with van der Waals surface area (Å²) in [5.74, 6) is -54.9. The third kappa shape index (κ3) is 12.2. The Labute approximate surface area is 439 Å². The van der Waals surface area contributed by atoms with E-state index in [9.17, 15) is 114 Å². The van der Waals surface area contributed by atoms with Crippen LogP contribution in [0, 0.1) is 0 Å². The summed E-state index contributed by atoms with van der Waals surface area (Å²) in [5, 5.41) is 14.4. The molecule has 0 aliphatic carbocycles. The van der Waals surface area contributed by atoms with Gasteiger partial charge >= 0.3 is 106 Å². The smallest absolute Gasteiger partial charge is 0.862 e. The third-order valence-electron chi connectivity index (χ3n) is 8.57. The molecule has 0 fully saturated rings. The maximum Gasteiger partial charge on any atom is 1.00 e. The molecule has 41 heteroatoms. The normalized spacial score (nSPS) is 14.3. The molecule has 1 heterocycles. The van der Waals surface area contributed by atoms with Crippen molar-refractivity contribution < 1.29 is 173 Å². The van der Waals surface area contributed by atoms with E-state index in [4.69, 9.17) is 11.6 Å². The Kier molecular flexibility index (Phi) is 19.3. The number of hydrogen-bond acceptors (Lipinski definition) is 16. The number of aromatic nitrogens is 3. The second-order valence-electron chi connectivity index (χ2n) is 13.4. The molecule has 1 aromatic heterocycles. The second-order valence-corrected chi connectivity index (χ2v) is 18.3. The number of benzene rings is 3. The van der Waals surface area contributed by atoms with E-state index in [1.54, 1.807) is 0 Å². The molecule has 0 amide bonds. The van der Waals surface area contributed by atoms with Gasteiger partial charge in [0.15, 0.2) is 0 Å². The van der Waals surface area contributed by atoms with Gasteiger partial charge in [0, 0.05) is 29.5 Å². The summed E-state index contributed by atoms with van der Waals surface area (Å²) < 4.78 is 325. The van der Waals surface area contributed by atoms with Crippen LogP contribution >= 0.6 is 11.6 Å². The predicted octanol–water partition coefficient (Wildman–Crippen LogP) is 1.70. The zero-order chi connectivity index (χ0) is 53.9. The molecule has 0 radical (unpaired) electrons. The third-order valence-corrected chi connectivity index (χ3v) is 12.0. The van der Waals surface area contributed by atoms with Crippen molar-refractivity contribution in [2.45, 2.75) is 63.7 Å². The van der Waals surface area contributed by atoms with Crippen LogP contribution in [0.1, 0.15) is 6.92 Å². The first-order chi connectivity index (χ1) is 31.4. The van der Waals surface area contributed by atoms with Crippen LogP contribution in [-0.4, -0.2) is 115 Å². The Morgan fingerprint density at radius 3 is 1.69 bits per heavy atom. The zero-order valence-electron chi connectivity index (χ0n) is 35.0. The van der Waals surface area contributed by atoms with Gasteiger partial charge in [0.25, 0.3) is 20.1 Å². The van der Waals surface area contributed by atoms with Crippen molar-refractivity contribution in [3.63, 3.8) is 0 Å². The van der Waals surface area contributed by atoms with Crippen LogP contribution in [-0.2, 0) is 30.3 Å². The monoisotopic (exact) mass is 1160 g/mol. The summed E-state index contributed by atoms with van der Waals surface area (Å²) in [5.41, 5.74) is -1.29. The Hall–Kier alpha value is -3.57. The number of alkyl halides is 17. The molecular formula is C31H19ClF17N9Na2O9S3. The summed E-state index contributed by atoms with van der Waals surface area (Å²) in [4.78, 5) is 12.6. The maximum atomic E-state index is 14.4. The van der Waals surface area contributed by atoms with Gasteiger partial charge in [-0.1, -0.05) is 12.1 Å². The molecule has 18 nitrogen and oxygen atoms in total. The average Bonchev–Trinajstić information content (AvgIpc) is 3.19. The van der Waals surface area contributed by atoms with Crippen molar-refractivity contribution in [2.24, 2.45) is 15.2 Å². The average molecular weight is 1160 g/mol. The Balaban J connectivity index is 0.00000888. The van der Waals surface area contributed by atoms with Crippen molar-refractivity contribution in [1.82, 2.24) is 19.7 Å². The fraction of sp³-hybridized carbons (Fsp3) is 0.355. The van der Waals surface area contributed by atoms with E-state index < -0.39 is 140 Å². The minimum Gasteiger partial charge on any atom is -0.862 e. The summed E-state index contributed by atoms with van der Waals surface area (Å²) >= 11 is 5.77. The number of anilines is 3. The van der Waals surface area contributed by atoms with Crippen molar-refractivity contribution in [2.75, 3.05) is 23.7 Å². The van der Waals surface area contributed by atoms with E-state index in [0.717, 1.165) is 55.5 Å². The van der Waals surface area contributed by atoms with E-state index in [1.165, 1.54) is 0 Å². The van der Waals surface area contributed by atoms with Crippen LogP contribution in [0.4, 0.5) is 109 Å². The first-order valence-corrected chi connectivity index (χ1v) is 22.0. The van der Waals surface area contributed by atoms with Crippen LogP contribution in [0.3, 0.4) is 0 Å². The first-order valence-electron chi connectivity index (χ1n) is 17.3. The van der Waals surface area contributed by atoms with Crippen molar-refractivity contribution >= 4 is 93.2 Å². The van der Waals surface area contributed by atoms with Crippen molar-refractivity contribution in [3.8, 4) is 0 Å². The van der Waals surface area contributed by atoms with Gasteiger partial charge in [-0.15, -0.1) is 5.11 Å². The molecular weight excluding hydrogens is 1140 g/mol. The number of rotatable bonds is 19. The number of aliphatic imine (C=N–C) groups is 1. The second kappa shape index (κ2) is 21.6. The number of nitrogens with one attached hydrogen (secondary N) is 3. The minimum absolute atomic E-state index is 0. The summed E-state index contributed by atoms with van der Waals surface area (Å²) in [6, 6.07) is 7.73. The molecule has 3 aromatic carbocycles. The summed E-state index contributed by atoms with van der Waals surface area (Å²) in [6.45, 7) is -2.06. The molecule has 0 saturated carbocycles. The van der Waals surface area contributed by atoms with Crippen LogP contribution in [0.15, 0.2) is 73.5 Å². The Bertz CT molecular complexity index is 3110. The zero-order valence-corrected chi connectivity index (χ0v) is 42.2. The van der Waals surface area contributed by atoms with Gasteiger partial charge < -0.3 is 20.3 Å². The number of nitrogens with zero attached hydrogens (tertiary/aromatic N) is 6. The van der Waals surface area contributed by atoms with E-state index in [1.807, 2.05) is 5.32 Å². The molecule has 0 saturated heterocycles. The maximum absolute atomic E-state index is 14.4. The van der Waals surface area contributed by atoms with E-state index >= 15 is 0 Å². The summed E-state index contributed by atoms with van der Waals surface area (Å²) in [7, 11) is -18.0. The van der Waals surface area contributed by atoms with Gasteiger partial charge in [0.1, 0.15) is 20.7 Å². The molecule has 72 heavy (non-hydrogen) atoms. The molecule has 4 N–H and O–H groups in total. The largest absolute Gasteiger partial charge is 1.00 e. The van der Waals surface area contributed by atoms with Crippen molar-refractivity contribution in [3.05, 3.63) is 53.8 Å². The molecule has 0 atom stereocenters. The van der Waals surface area contributed by atoms with Gasteiger partial charge in [0.2, 0.25) is 17.2 Å². The fourth-order valence-corrected chi connectivity index (χ4v) is 7.82. The van der Waals surface area contributed by atoms with Crippen LogP contribution in [0.2, 0.25) is 5.28 Å². The topological polar surface area (TPSA) is 281 Å². The number of sulfonamides is 1. The minimum atomic E-state index is -9.01. The van der Waals surface area contributed by atoms with Gasteiger partial charge in [-0.3, -0.25) is 9.55 Å². The van der Waals surface area contributed by atoms with Gasteiger partial charge in [-0.25, -0.2) is 21.6 Å². The van der Waals surface area contributed by atoms with Crippen LogP contribution in [0.25, 0.3) is 10.8 Å². The molecule has 388 valence electrons. The molecule has 0 aliphatic heterocycles. The van der Waals surface area contributed by atoms with Crippen molar-refractivity contribution in [1.29, 1.82) is 0 Å². The van der Waals surface area contributed by atoms with Crippen LogP contribution < -0.4 is 79.6 Å².